The fourth-order valence-corrected chi connectivity index (χ4v) is 4.87. The Bertz CT molecular complexity index is 878. The van der Waals surface area contributed by atoms with E-state index in [1.165, 1.54) is 23.5 Å². The second kappa shape index (κ2) is 7.09. The molecule has 0 radical (unpaired) electrons. The van der Waals surface area contributed by atoms with Gasteiger partial charge in [0.1, 0.15) is 5.82 Å². The Kier molecular flexibility index (Phi) is 4.67. The molecule has 1 aromatic carbocycles. The van der Waals surface area contributed by atoms with Crippen LogP contribution >= 0.6 is 22.7 Å². The van der Waals surface area contributed by atoms with E-state index in [1.54, 1.807) is 23.5 Å². The van der Waals surface area contributed by atoms with Crippen molar-refractivity contribution < 1.29 is 9.18 Å². The molecule has 1 unspecified atom stereocenters. The monoisotopic (exact) mass is 375 g/mol. The van der Waals surface area contributed by atoms with Crippen LogP contribution in [0.1, 0.15) is 22.5 Å². The highest BCUT2D eigenvalue weighted by atomic mass is 32.1. The van der Waals surface area contributed by atoms with E-state index in [2.05, 4.69) is 15.2 Å². The van der Waals surface area contributed by atoms with E-state index in [9.17, 15) is 9.18 Å². The number of amides is 1. The molecule has 0 saturated carbocycles. The molecule has 0 bridgehead atoms. The Morgan fingerprint density at radius 2 is 2.32 bits per heavy atom. The van der Waals surface area contributed by atoms with Gasteiger partial charge in [-0.2, -0.15) is 0 Å². The van der Waals surface area contributed by atoms with Gasteiger partial charge in [-0.25, -0.2) is 9.37 Å². The van der Waals surface area contributed by atoms with Crippen molar-refractivity contribution in [1.29, 1.82) is 0 Å². The van der Waals surface area contributed by atoms with E-state index < -0.39 is 0 Å². The highest BCUT2D eigenvalue weighted by Gasteiger charge is 2.22. The zero-order chi connectivity index (χ0) is 17.2. The summed E-state index contributed by atoms with van der Waals surface area (Å²) in [5.41, 5.74) is 0. The van der Waals surface area contributed by atoms with Crippen molar-refractivity contribution in [3.05, 3.63) is 46.5 Å². The zero-order valence-corrected chi connectivity index (χ0v) is 15.2. The van der Waals surface area contributed by atoms with Crippen LogP contribution in [0.2, 0.25) is 0 Å². The highest BCUT2D eigenvalue weighted by Crippen LogP contribution is 2.27. The van der Waals surface area contributed by atoms with E-state index in [0.717, 1.165) is 41.1 Å². The molecule has 3 heterocycles. The molecule has 1 saturated heterocycles. The molecule has 0 spiro atoms. The largest absolute Gasteiger partial charge is 0.351 e. The van der Waals surface area contributed by atoms with Crippen molar-refractivity contribution >= 4 is 43.8 Å². The van der Waals surface area contributed by atoms with Crippen molar-refractivity contribution in [3.63, 3.8) is 0 Å². The number of anilines is 1. The predicted molar refractivity (Wildman–Crippen MR) is 101 cm³/mol. The second-order valence-corrected chi connectivity index (χ2v) is 8.23. The van der Waals surface area contributed by atoms with E-state index >= 15 is 0 Å². The van der Waals surface area contributed by atoms with Crippen molar-refractivity contribution in [2.75, 3.05) is 24.5 Å². The molecule has 4 rings (SSSR count). The third-order valence-electron chi connectivity index (χ3n) is 4.46. The van der Waals surface area contributed by atoms with Crippen LogP contribution in [0, 0.1) is 11.7 Å². The Hall–Kier alpha value is -1.99. The lowest BCUT2D eigenvalue weighted by molar-refractivity contribution is 0.0950. The lowest BCUT2D eigenvalue weighted by Crippen LogP contribution is -2.40. The summed E-state index contributed by atoms with van der Waals surface area (Å²) in [6, 6.07) is 6.38. The van der Waals surface area contributed by atoms with Crippen molar-refractivity contribution in [3.8, 4) is 0 Å². The summed E-state index contributed by atoms with van der Waals surface area (Å²) < 4.78 is 14.2. The third-order valence-corrected chi connectivity index (χ3v) is 6.41. The maximum Gasteiger partial charge on any atom is 0.261 e. The average Bonchev–Trinajstić information content (AvgIpc) is 3.29. The van der Waals surface area contributed by atoms with Gasteiger partial charge in [-0.3, -0.25) is 4.79 Å². The molecule has 1 atom stereocenters. The summed E-state index contributed by atoms with van der Waals surface area (Å²) in [6.45, 7) is 2.61. The van der Waals surface area contributed by atoms with Gasteiger partial charge < -0.3 is 10.2 Å². The van der Waals surface area contributed by atoms with Crippen LogP contribution in [0.4, 0.5) is 9.52 Å². The summed E-state index contributed by atoms with van der Waals surface area (Å²) in [6.07, 6.45) is 4.05. The van der Waals surface area contributed by atoms with Gasteiger partial charge in [-0.05, 0) is 48.4 Å². The molecule has 2 aromatic heterocycles. The van der Waals surface area contributed by atoms with Gasteiger partial charge in [0.05, 0.1) is 4.88 Å². The number of thiophene rings is 1. The van der Waals surface area contributed by atoms with Gasteiger partial charge in [0.2, 0.25) is 0 Å². The summed E-state index contributed by atoms with van der Waals surface area (Å²) in [5, 5.41) is 6.87. The average molecular weight is 375 g/mol. The molecule has 3 aromatic rings. The lowest BCUT2D eigenvalue weighted by Gasteiger charge is -2.32. The number of hydrogen-bond acceptors (Lipinski definition) is 5. The number of halogens is 1. The van der Waals surface area contributed by atoms with Crippen LogP contribution in [0.5, 0.6) is 0 Å². The van der Waals surface area contributed by atoms with Gasteiger partial charge in [0.15, 0.2) is 5.13 Å². The number of thiazole rings is 1. The smallest absolute Gasteiger partial charge is 0.261 e. The number of benzene rings is 1. The Morgan fingerprint density at radius 1 is 1.40 bits per heavy atom. The maximum absolute atomic E-state index is 13.3. The van der Waals surface area contributed by atoms with E-state index in [1.807, 2.05) is 11.6 Å². The Balaban J connectivity index is 1.37. The van der Waals surface area contributed by atoms with Crippen LogP contribution < -0.4 is 10.2 Å². The Labute approximate surface area is 153 Å². The first-order valence-corrected chi connectivity index (χ1v) is 10.0. The zero-order valence-electron chi connectivity index (χ0n) is 13.6. The SMILES string of the molecule is O=C(NCC1CCCN(c2nccs2)C1)c1cc2cc(F)ccc2s1. The van der Waals surface area contributed by atoms with Gasteiger partial charge >= 0.3 is 0 Å². The van der Waals surface area contributed by atoms with Crippen molar-refractivity contribution in [1.82, 2.24) is 10.3 Å². The molecule has 0 aliphatic carbocycles. The minimum absolute atomic E-state index is 0.0759. The van der Waals surface area contributed by atoms with Crippen molar-refractivity contribution in [2.24, 2.45) is 5.92 Å². The molecule has 1 N–H and O–H groups in total. The molecule has 1 fully saturated rings. The number of nitrogens with zero attached hydrogens (tertiary/aromatic N) is 2. The highest BCUT2D eigenvalue weighted by molar-refractivity contribution is 7.20. The number of fused-ring (bicyclic) bond motifs is 1. The van der Waals surface area contributed by atoms with Crippen molar-refractivity contribution in [2.45, 2.75) is 12.8 Å². The van der Waals surface area contributed by atoms with E-state index in [0.29, 0.717) is 17.3 Å². The lowest BCUT2D eigenvalue weighted by atomic mass is 9.98. The third kappa shape index (κ3) is 3.67. The summed E-state index contributed by atoms with van der Waals surface area (Å²) in [7, 11) is 0. The minimum Gasteiger partial charge on any atom is -0.351 e. The predicted octanol–water partition coefficient (Wildman–Crippen LogP) is 4.14. The first kappa shape index (κ1) is 16.5. The van der Waals surface area contributed by atoms with Gasteiger partial charge in [0.25, 0.3) is 5.91 Å². The molecule has 7 heteroatoms. The fraction of sp³-hybridized carbons (Fsp3) is 0.333. The summed E-state index contributed by atoms with van der Waals surface area (Å²) in [4.78, 5) is 19.7. The van der Waals surface area contributed by atoms with E-state index in [4.69, 9.17) is 0 Å². The fourth-order valence-electron chi connectivity index (χ4n) is 3.23. The number of hydrogen-bond donors (Lipinski definition) is 1. The van der Waals surface area contributed by atoms with Crippen LogP contribution in [-0.4, -0.2) is 30.5 Å². The molecule has 1 aliphatic rings. The number of carbonyl (C=O) groups is 1. The molecular formula is C18H18FN3OS2. The molecule has 25 heavy (non-hydrogen) atoms. The van der Waals surface area contributed by atoms with Crippen LogP contribution in [-0.2, 0) is 0 Å². The van der Waals surface area contributed by atoms with Gasteiger partial charge in [-0.1, -0.05) is 0 Å². The summed E-state index contributed by atoms with van der Waals surface area (Å²) >= 11 is 3.06. The normalized spacial score (nSPS) is 17.8. The first-order valence-electron chi connectivity index (χ1n) is 8.31. The number of piperidine rings is 1. The first-order chi connectivity index (χ1) is 12.2. The standard InChI is InChI=1S/C18H18FN3OS2/c19-14-3-4-15-13(8-14)9-16(25-15)17(23)21-10-12-2-1-6-22(11-12)18-20-5-7-24-18/h3-5,7-9,12H,1-2,6,10-11H2,(H,21,23). The van der Waals surface area contributed by atoms with E-state index in [-0.39, 0.29) is 11.7 Å². The molecule has 130 valence electrons. The van der Waals surface area contributed by atoms with Gasteiger partial charge in [0, 0.05) is 35.9 Å². The number of rotatable bonds is 4. The van der Waals surface area contributed by atoms with Crippen LogP contribution in [0.25, 0.3) is 10.1 Å². The second-order valence-electron chi connectivity index (χ2n) is 6.27. The number of nitrogens with one attached hydrogen (secondary N) is 1. The topological polar surface area (TPSA) is 45.2 Å². The minimum atomic E-state index is -0.276. The molecule has 1 amide bonds. The number of aromatic nitrogens is 1. The van der Waals surface area contributed by atoms with Crippen LogP contribution in [0.3, 0.4) is 0 Å². The maximum atomic E-state index is 13.3. The summed E-state index contributed by atoms with van der Waals surface area (Å²) in [5.74, 6) is 0.0724. The number of carbonyl (C=O) groups excluding carboxylic acids is 1. The Morgan fingerprint density at radius 3 is 3.16 bits per heavy atom. The molecular weight excluding hydrogens is 357 g/mol. The van der Waals surface area contributed by atoms with Gasteiger partial charge in [-0.15, -0.1) is 22.7 Å². The quantitative estimate of drug-likeness (QED) is 0.745. The molecule has 1 aliphatic heterocycles. The molecule has 4 nitrogen and oxygen atoms in total. The van der Waals surface area contributed by atoms with Crippen LogP contribution in [0.15, 0.2) is 35.8 Å².